The lowest BCUT2D eigenvalue weighted by Crippen LogP contribution is -2.02. The second-order valence-electron chi connectivity index (χ2n) is 12.3. The Morgan fingerprint density at radius 3 is 1.82 bits per heavy atom. The van der Waals surface area contributed by atoms with Gasteiger partial charge in [-0.1, -0.05) is 127 Å². The van der Waals surface area contributed by atoms with Gasteiger partial charge in [-0.15, -0.1) is 0 Å². The average Bonchev–Trinajstić information content (AvgIpc) is 3.74. The zero-order chi connectivity index (χ0) is 33.0. The van der Waals surface area contributed by atoms with E-state index in [0.717, 1.165) is 60.9 Å². The Morgan fingerprint density at radius 1 is 0.440 bits per heavy atom. The van der Waals surface area contributed by atoms with Crippen molar-refractivity contribution in [3.8, 4) is 51.1 Å². The summed E-state index contributed by atoms with van der Waals surface area (Å²) in [5, 5.41) is 4.58. The Kier molecular flexibility index (Phi) is 6.39. The van der Waals surface area contributed by atoms with E-state index in [4.69, 9.17) is 24.4 Å². The van der Waals surface area contributed by atoms with Crippen molar-refractivity contribution < 1.29 is 4.42 Å². The first-order valence-electron chi connectivity index (χ1n) is 16.6. The van der Waals surface area contributed by atoms with Crippen LogP contribution < -0.4 is 0 Å². The van der Waals surface area contributed by atoms with E-state index in [1.54, 1.807) is 0 Å². The number of aromatic nitrogens is 5. The zero-order valence-electron chi connectivity index (χ0n) is 26.7. The van der Waals surface area contributed by atoms with Crippen molar-refractivity contribution in [3.05, 3.63) is 164 Å². The molecule has 10 aromatic rings. The topological polar surface area (TPSA) is 69.6 Å². The second kappa shape index (κ2) is 11.4. The van der Waals surface area contributed by atoms with Crippen molar-refractivity contribution in [1.82, 2.24) is 24.5 Å². The number of benzene rings is 6. The van der Waals surface area contributed by atoms with E-state index in [-0.39, 0.29) is 0 Å². The molecular formula is C44H27N5O. The second-order valence-corrected chi connectivity index (χ2v) is 12.3. The van der Waals surface area contributed by atoms with Crippen molar-refractivity contribution in [3.63, 3.8) is 0 Å². The molecule has 6 heteroatoms. The molecule has 0 aliphatic carbocycles. The van der Waals surface area contributed by atoms with Crippen LogP contribution in [-0.2, 0) is 0 Å². The van der Waals surface area contributed by atoms with Gasteiger partial charge in [0.15, 0.2) is 17.5 Å². The summed E-state index contributed by atoms with van der Waals surface area (Å²) in [6.45, 7) is 0. The molecule has 6 aromatic carbocycles. The molecule has 10 rings (SSSR count). The van der Waals surface area contributed by atoms with E-state index in [1.165, 1.54) is 10.8 Å². The van der Waals surface area contributed by atoms with Crippen molar-refractivity contribution in [2.24, 2.45) is 0 Å². The van der Waals surface area contributed by atoms with Gasteiger partial charge in [0, 0.05) is 38.2 Å². The van der Waals surface area contributed by atoms with Crippen molar-refractivity contribution in [1.29, 1.82) is 0 Å². The molecule has 0 unspecified atom stereocenters. The van der Waals surface area contributed by atoms with E-state index >= 15 is 0 Å². The largest absolute Gasteiger partial charge is 0.455 e. The monoisotopic (exact) mass is 641 g/mol. The highest BCUT2D eigenvalue weighted by Crippen LogP contribution is 2.39. The molecule has 0 aliphatic heterocycles. The standard InChI is InChI=1S/C44H27N5O/c1-3-12-28(13-4-1)42-46-43(29-14-5-2-6-15-29)48-44(47-42)37-25-23-31(27-45-37)49-38-20-9-7-16-33(38)34-24-22-30(26-39(34)49)32-18-11-19-36-35-17-8-10-21-40(35)50-41(32)36/h1-27H. The summed E-state index contributed by atoms with van der Waals surface area (Å²) in [4.78, 5) is 19.5. The van der Waals surface area contributed by atoms with Crippen molar-refractivity contribution in [2.45, 2.75) is 0 Å². The first-order chi connectivity index (χ1) is 24.8. The molecule has 0 atom stereocenters. The van der Waals surface area contributed by atoms with E-state index in [1.807, 2.05) is 85.1 Å². The molecule has 0 bridgehead atoms. The fraction of sp³-hybridized carbons (Fsp3) is 0. The summed E-state index contributed by atoms with van der Waals surface area (Å²) in [5.41, 5.74) is 9.58. The molecule has 4 heterocycles. The lowest BCUT2D eigenvalue weighted by molar-refractivity contribution is 0.670. The molecule has 6 nitrogen and oxygen atoms in total. The Morgan fingerprint density at radius 2 is 1.08 bits per heavy atom. The molecular weight excluding hydrogens is 615 g/mol. The number of pyridine rings is 1. The van der Waals surface area contributed by atoms with Gasteiger partial charge >= 0.3 is 0 Å². The highest BCUT2D eigenvalue weighted by molar-refractivity contribution is 6.12. The maximum atomic E-state index is 6.42. The van der Waals surface area contributed by atoms with Crippen LogP contribution in [0.25, 0.3) is 94.9 Å². The average molecular weight is 642 g/mol. The van der Waals surface area contributed by atoms with Crippen LogP contribution in [0.2, 0.25) is 0 Å². The van der Waals surface area contributed by atoms with Gasteiger partial charge in [-0.3, -0.25) is 4.98 Å². The highest BCUT2D eigenvalue weighted by Gasteiger charge is 2.18. The minimum absolute atomic E-state index is 0.521. The summed E-state index contributed by atoms with van der Waals surface area (Å²) in [7, 11) is 0. The van der Waals surface area contributed by atoms with Gasteiger partial charge in [-0.2, -0.15) is 0 Å². The van der Waals surface area contributed by atoms with Crippen LogP contribution in [-0.4, -0.2) is 24.5 Å². The smallest absolute Gasteiger partial charge is 0.182 e. The van der Waals surface area contributed by atoms with E-state index < -0.39 is 0 Å². The summed E-state index contributed by atoms with van der Waals surface area (Å²) in [5.74, 6) is 1.73. The van der Waals surface area contributed by atoms with Gasteiger partial charge < -0.3 is 8.98 Å². The molecule has 0 aliphatic rings. The maximum absolute atomic E-state index is 6.42. The predicted molar refractivity (Wildman–Crippen MR) is 201 cm³/mol. The zero-order valence-corrected chi connectivity index (χ0v) is 26.7. The lowest BCUT2D eigenvalue weighted by Gasteiger charge is -2.11. The number of hydrogen-bond donors (Lipinski definition) is 0. The summed E-state index contributed by atoms with van der Waals surface area (Å²) < 4.78 is 8.70. The molecule has 0 radical (unpaired) electrons. The third-order valence-electron chi connectivity index (χ3n) is 9.32. The number of nitrogens with zero attached hydrogens (tertiary/aromatic N) is 5. The lowest BCUT2D eigenvalue weighted by atomic mass is 10.0. The molecule has 0 saturated carbocycles. The molecule has 0 N–H and O–H groups in total. The minimum atomic E-state index is 0.521. The van der Waals surface area contributed by atoms with Crippen molar-refractivity contribution >= 4 is 43.7 Å². The number of hydrogen-bond acceptors (Lipinski definition) is 5. The highest BCUT2D eigenvalue weighted by atomic mass is 16.3. The minimum Gasteiger partial charge on any atom is -0.455 e. The number of para-hydroxylation sites is 3. The van der Waals surface area contributed by atoms with Gasteiger partial charge in [0.05, 0.1) is 22.9 Å². The van der Waals surface area contributed by atoms with Gasteiger partial charge in [0.2, 0.25) is 0 Å². The summed E-state index contributed by atoms with van der Waals surface area (Å²) in [6, 6.07) is 53.8. The molecule has 0 amide bonds. The molecule has 0 fully saturated rings. The molecule has 0 spiro atoms. The molecule has 4 aromatic heterocycles. The van der Waals surface area contributed by atoms with Gasteiger partial charge in [0.1, 0.15) is 16.9 Å². The van der Waals surface area contributed by atoms with Crippen LogP contribution >= 0.6 is 0 Å². The summed E-state index contributed by atoms with van der Waals surface area (Å²) in [6.07, 6.45) is 1.90. The number of rotatable bonds is 5. The van der Waals surface area contributed by atoms with E-state index in [0.29, 0.717) is 23.2 Å². The molecule has 50 heavy (non-hydrogen) atoms. The fourth-order valence-electron chi connectivity index (χ4n) is 6.96. The first-order valence-corrected chi connectivity index (χ1v) is 16.6. The maximum Gasteiger partial charge on any atom is 0.182 e. The van der Waals surface area contributed by atoms with E-state index in [2.05, 4.69) is 83.4 Å². The Balaban J connectivity index is 1.12. The molecule has 234 valence electrons. The summed E-state index contributed by atoms with van der Waals surface area (Å²) >= 11 is 0. The molecule has 0 saturated heterocycles. The van der Waals surface area contributed by atoms with Crippen LogP contribution in [0.1, 0.15) is 0 Å². The Labute approximate surface area is 287 Å². The predicted octanol–water partition coefficient (Wildman–Crippen LogP) is 10.9. The van der Waals surface area contributed by atoms with Crippen LogP contribution in [0.15, 0.2) is 168 Å². The quantitative estimate of drug-likeness (QED) is 0.187. The normalized spacial score (nSPS) is 11.6. The van der Waals surface area contributed by atoms with Crippen LogP contribution in [0.4, 0.5) is 0 Å². The first kappa shape index (κ1) is 28.1. The number of fused-ring (bicyclic) bond motifs is 6. The number of furan rings is 1. The Bertz CT molecular complexity index is 2800. The van der Waals surface area contributed by atoms with Gasteiger partial charge in [0.25, 0.3) is 0 Å². The van der Waals surface area contributed by atoms with Crippen LogP contribution in [0.5, 0.6) is 0 Å². The Hall–Kier alpha value is -6.92. The third-order valence-corrected chi connectivity index (χ3v) is 9.32. The van der Waals surface area contributed by atoms with Gasteiger partial charge in [-0.05, 0) is 35.9 Å². The van der Waals surface area contributed by atoms with E-state index in [9.17, 15) is 0 Å². The van der Waals surface area contributed by atoms with Crippen LogP contribution in [0.3, 0.4) is 0 Å². The van der Waals surface area contributed by atoms with Crippen molar-refractivity contribution in [2.75, 3.05) is 0 Å². The SMILES string of the molecule is c1ccc(-c2nc(-c3ccccc3)nc(-c3ccc(-n4c5ccccc5c5ccc(-c6cccc7c6oc6ccccc67)cc54)cn3)n2)cc1. The fourth-order valence-corrected chi connectivity index (χ4v) is 6.96. The third kappa shape index (κ3) is 4.58. The van der Waals surface area contributed by atoms with Gasteiger partial charge in [-0.25, -0.2) is 15.0 Å². The van der Waals surface area contributed by atoms with Crippen LogP contribution in [0, 0.1) is 0 Å².